The van der Waals surface area contributed by atoms with E-state index < -0.39 is 5.82 Å². The van der Waals surface area contributed by atoms with Gasteiger partial charge in [0.05, 0.1) is 10.7 Å². The van der Waals surface area contributed by atoms with Crippen LogP contribution in [0.3, 0.4) is 0 Å². The number of nitrogens with zero attached hydrogens (tertiary/aromatic N) is 1. The summed E-state index contributed by atoms with van der Waals surface area (Å²) in [6, 6.07) is 4.82. The first-order valence-corrected chi connectivity index (χ1v) is 5.11. The summed E-state index contributed by atoms with van der Waals surface area (Å²) in [6.07, 6.45) is 1.73. The maximum absolute atomic E-state index is 13.7. The monoisotopic (exact) mass is 242 g/mol. The third-order valence-corrected chi connectivity index (χ3v) is 2.63. The normalized spacial score (nSPS) is 10.6. The van der Waals surface area contributed by atoms with Crippen LogP contribution in [0.1, 0.15) is 5.69 Å². The van der Waals surface area contributed by atoms with Crippen LogP contribution in [0.5, 0.6) is 0 Å². The first-order chi connectivity index (χ1) is 7.09. The van der Waals surface area contributed by atoms with Crippen LogP contribution in [0, 0.1) is 17.5 Å². The molecule has 0 aliphatic carbocycles. The molecule has 1 aromatic heterocycles. The van der Waals surface area contributed by atoms with Crippen molar-refractivity contribution in [1.82, 2.24) is 9.55 Å². The Balaban J connectivity index is 2.69. The van der Waals surface area contributed by atoms with Crippen LogP contribution >= 0.6 is 23.8 Å². The van der Waals surface area contributed by atoms with Gasteiger partial charge in [-0.15, -0.1) is 0 Å². The van der Waals surface area contributed by atoms with Gasteiger partial charge in [-0.25, -0.2) is 4.39 Å². The lowest BCUT2D eigenvalue weighted by Gasteiger charge is -2.04. The molecular weight excluding hydrogens is 235 g/mol. The van der Waals surface area contributed by atoms with Gasteiger partial charge in [0.15, 0.2) is 10.6 Å². The van der Waals surface area contributed by atoms with E-state index in [1.807, 2.05) is 6.92 Å². The van der Waals surface area contributed by atoms with E-state index in [0.717, 1.165) is 5.69 Å². The quantitative estimate of drug-likeness (QED) is 0.758. The third-order valence-electron chi connectivity index (χ3n) is 2.04. The van der Waals surface area contributed by atoms with E-state index in [4.69, 9.17) is 23.8 Å². The van der Waals surface area contributed by atoms with E-state index in [1.54, 1.807) is 22.9 Å². The molecule has 1 aromatic carbocycles. The van der Waals surface area contributed by atoms with Crippen molar-refractivity contribution in [3.8, 4) is 5.69 Å². The average molecular weight is 243 g/mol. The van der Waals surface area contributed by atoms with Gasteiger partial charge in [0.25, 0.3) is 0 Å². The smallest absolute Gasteiger partial charge is 0.182 e. The molecule has 0 aliphatic heterocycles. The van der Waals surface area contributed by atoms with Crippen LogP contribution in [0.2, 0.25) is 5.02 Å². The second-order valence-corrected chi connectivity index (χ2v) is 3.98. The zero-order chi connectivity index (χ0) is 11.0. The molecule has 0 unspecified atom stereocenters. The summed E-state index contributed by atoms with van der Waals surface area (Å²) in [5.74, 6) is -0.464. The van der Waals surface area contributed by atoms with Crippen LogP contribution in [0.25, 0.3) is 5.69 Å². The van der Waals surface area contributed by atoms with E-state index in [2.05, 4.69) is 4.98 Å². The van der Waals surface area contributed by atoms with Gasteiger partial charge < -0.3 is 4.98 Å². The highest BCUT2D eigenvalue weighted by Gasteiger charge is 2.09. The van der Waals surface area contributed by atoms with Crippen LogP contribution in [0.4, 0.5) is 4.39 Å². The van der Waals surface area contributed by atoms with Gasteiger partial charge in [-0.2, -0.15) is 0 Å². The lowest BCUT2D eigenvalue weighted by Crippen LogP contribution is -1.96. The van der Waals surface area contributed by atoms with E-state index in [1.165, 1.54) is 6.07 Å². The molecule has 0 spiro atoms. The summed E-state index contributed by atoms with van der Waals surface area (Å²) in [5.41, 5.74) is 1.23. The largest absolute Gasteiger partial charge is 0.335 e. The Hall–Kier alpha value is -1.13. The summed E-state index contributed by atoms with van der Waals surface area (Å²) in [6.45, 7) is 1.86. The molecule has 0 saturated heterocycles. The minimum atomic E-state index is -0.464. The van der Waals surface area contributed by atoms with E-state index >= 15 is 0 Å². The first-order valence-electron chi connectivity index (χ1n) is 4.32. The maximum Gasteiger partial charge on any atom is 0.182 e. The molecule has 0 atom stereocenters. The Morgan fingerprint density at radius 2 is 2.20 bits per heavy atom. The lowest BCUT2D eigenvalue weighted by atomic mass is 10.3. The van der Waals surface area contributed by atoms with Crippen molar-refractivity contribution in [2.24, 2.45) is 0 Å². The molecule has 0 radical (unpaired) electrons. The van der Waals surface area contributed by atoms with Crippen LogP contribution in [-0.2, 0) is 0 Å². The predicted octanol–water partition coefficient (Wildman–Crippen LogP) is 3.64. The Labute approximate surface area is 96.3 Å². The number of nitrogens with one attached hydrogen (secondary N) is 1. The minimum Gasteiger partial charge on any atom is -0.335 e. The number of hydrogen-bond acceptors (Lipinski definition) is 1. The Morgan fingerprint density at radius 3 is 2.80 bits per heavy atom. The van der Waals surface area contributed by atoms with Gasteiger partial charge in [-0.05, 0) is 31.3 Å². The van der Waals surface area contributed by atoms with Gasteiger partial charge in [0.2, 0.25) is 0 Å². The third kappa shape index (κ3) is 1.82. The van der Waals surface area contributed by atoms with Crippen LogP contribution in [-0.4, -0.2) is 9.55 Å². The molecule has 2 aromatic rings. The SMILES string of the molecule is Cc1cn(-c2cccc(Cl)c2F)c(=S)[nH]1. The number of imidazole rings is 1. The van der Waals surface area contributed by atoms with Gasteiger partial charge in [-0.3, -0.25) is 4.57 Å². The fourth-order valence-electron chi connectivity index (χ4n) is 1.37. The average Bonchev–Trinajstić information content (AvgIpc) is 2.50. The zero-order valence-corrected chi connectivity index (χ0v) is 9.49. The second kappa shape index (κ2) is 3.79. The molecule has 2 nitrogen and oxygen atoms in total. The molecule has 0 fully saturated rings. The topological polar surface area (TPSA) is 20.7 Å². The van der Waals surface area contributed by atoms with Crippen LogP contribution in [0.15, 0.2) is 24.4 Å². The first kappa shape index (κ1) is 10.4. The Morgan fingerprint density at radius 1 is 1.47 bits per heavy atom. The molecular formula is C10H8ClFN2S. The summed E-state index contributed by atoms with van der Waals surface area (Å²) < 4.78 is 15.7. The molecule has 2 rings (SSSR count). The van der Waals surface area contributed by atoms with Crippen molar-refractivity contribution in [3.63, 3.8) is 0 Å². The number of hydrogen-bond donors (Lipinski definition) is 1. The second-order valence-electron chi connectivity index (χ2n) is 3.19. The van der Waals surface area contributed by atoms with Crippen LogP contribution < -0.4 is 0 Å². The lowest BCUT2D eigenvalue weighted by molar-refractivity contribution is 0.618. The van der Waals surface area contributed by atoms with Crippen molar-refractivity contribution in [2.45, 2.75) is 6.92 Å². The fourth-order valence-corrected chi connectivity index (χ4v) is 1.85. The summed E-state index contributed by atoms with van der Waals surface area (Å²) in [7, 11) is 0. The Bertz CT molecular complexity index is 559. The zero-order valence-electron chi connectivity index (χ0n) is 7.92. The van der Waals surface area contributed by atoms with Crippen molar-refractivity contribution in [3.05, 3.63) is 45.7 Å². The molecule has 0 aliphatic rings. The molecule has 1 N–H and O–H groups in total. The standard InChI is InChI=1S/C10H8ClFN2S/c1-6-5-14(10(15)13-6)8-4-2-3-7(11)9(8)12/h2-5H,1H3,(H,13,15). The van der Waals surface area contributed by atoms with E-state index in [-0.39, 0.29) is 5.02 Å². The summed E-state index contributed by atoms with van der Waals surface area (Å²) >= 11 is 10.7. The highest BCUT2D eigenvalue weighted by Crippen LogP contribution is 2.21. The fraction of sp³-hybridized carbons (Fsp3) is 0.100. The number of rotatable bonds is 1. The Kier molecular flexibility index (Phi) is 2.63. The van der Waals surface area contributed by atoms with Crippen molar-refractivity contribution >= 4 is 23.8 Å². The molecule has 1 heterocycles. The molecule has 78 valence electrons. The van der Waals surface area contributed by atoms with Gasteiger partial charge in [-0.1, -0.05) is 17.7 Å². The number of H-pyrrole nitrogens is 1. The van der Waals surface area contributed by atoms with Crippen molar-refractivity contribution in [1.29, 1.82) is 0 Å². The molecule has 0 saturated carbocycles. The molecule has 15 heavy (non-hydrogen) atoms. The number of aromatic nitrogens is 2. The van der Waals surface area contributed by atoms with E-state index in [9.17, 15) is 4.39 Å². The summed E-state index contributed by atoms with van der Waals surface area (Å²) in [5, 5.41) is 0.0910. The molecule has 0 bridgehead atoms. The number of benzene rings is 1. The number of aryl methyl sites for hydroxylation is 1. The number of aromatic amines is 1. The molecule has 0 amide bonds. The highest BCUT2D eigenvalue weighted by atomic mass is 35.5. The molecule has 5 heteroatoms. The van der Waals surface area contributed by atoms with Gasteiger partial charge in [0, 0.05) is 11.9 Å². The van der Waals surface area contributed by atoms with Gasteiger partial charge in [0.1, 0.15) is 0 Å². The maximum atomic E-state index is 13.7. The number of halogens is 2. The predicted molar refractivity (Wildman–Crippen MR) is 60.7 cm³/mol. The van der Waals surface area contributed by atoms with Gasteiger partial charge >= 0.3 is 0 Å². The summed E-state index contributed by atoms with van der Waals surface area (Å²) in [4.78, 5) is 2.92. The van der Waals surface area contributed by atoms with Crippen molar-refractivity contribution < 1.29 is 4.39 Å². The highest BCUT2D eigenvalue weighted by molar-refractivity contribution is 7.71. The van der Waals surface area contributed by atoms with Crippen molar-refractivity contribution in [2.75, 3.05) is 0 Å². The minimum absolute atomic E-state index is 0.0910. The van der Waals surface area contributed by atoms with E-state index in [0.29, 0.717) is 10.5 Å².